The molecule has 0 unspecified atom stereocenters. The number of aromatic nitrogens is 3. The van der Waals surface area contributed by atoms with E-state index in [0.29, 0.717) is 18.3 Å². The minimum atomic E-state index is -0.358. The highest BCUT2D eigenvalue weighted by Gasteiger charge is 2.11. The Balaban J connectivity index is 1.68. The van der Waals surface area contributed by atoms with Crippen molar-refractivity contribution in [3.05, 3.63) is 77.9 Å². The van der Waals surface area contributed by atoms with Crippen molar-refractivity contribution in [2.75, 3.05) is 5.32 Å². The topological polar surface area (TPSA) is 77.0 Å². The maximum absolute atomic E-state index is 12.3. The molecule has 2 aromatic heterocycles. The molecule has 2 heterocycles. The maximum Gasteiger partial charge on any atom is 0.275 e. The zero-order chi connectivity index (χ0) is 16.8. The molecular formula is C18H16N4O2. The molecule has 1 aromatic carbocycles. The van der Waals surface area contributed by atoms with Crippen LogP contribution in [0.2, 0.25) is 0 Å². The highest BCUT2D eigenvalue weighted by atomic mass is 16.5. The van der Waals surface area contributed by atoms with E-state index in [1.54, 1.807) is 6.20 Å². The highest BCUT2D eigenvalue weighted by molar-refractivity contribution is 6.02. The van der Waals surface area contributed by atoms with Crippen molar-refractivity contribution in [1.82, 2.24) is 15.0 Å². The molecule has 0 bridgehead atoms. The Kier molecular flexibility index (Phi) is 4.76. The molecule has 0 saturated heterocycles. The summed E-state index contributed by atoms with van der Waals surface area (Å²) >= 11 is 0. The summed E-state index contributed by atoms with van der Waals surface area (Å²) in [5.74, 6) is 0.494. The lowest BCUT2D eigenvalue weighted by atomic mass is 10.2. The van der Waals surface area contributed by atoms with Gasteiger partial charge in [0.15, 0.2) is 0 Å². The number of pyridine rings is 1. The molecule has 0 saturated carbocycles. The summed E-state index contributed by atoms with van der Waals surface area (Å²) in [5.41, 5.74) is 2.12. The maximum atomic E-state index is 12.3. The lowest BCUT2D eigenvalue weighted by Gasteiger charge is -2.08. The zero-order valence-electron chi connectivity index (χ0n) is 13.1. The smallest absolute Gasteiger partial charge is 0.275 e. The quantitative estimate of drug-likeness (QED) is 0.782. The number of anilines is 1. The molecule has 24 heavy (non-hydrogen) atoms. The van der Waals surface area contributed by atoms with Crippen molar-refractivity contribution in [1.29, 1.82) is 0 Å². The van der Waals surface area contributed by atoms with E-state index >= 15 is 0 Å². The number of nitrogens with zero attached hydrogens (tertiary/aromatic N) is 3. The second kappa shape index (κ2) is 7.32. The molecule has 6 heteroatoms. The van der Waals surface area contributed by atoms with Gasteiger partial charge in [-0.1, -0.05) is 36.4 Å². The van der Waals surface area contributed by atoms with Crippen molar-refractivity contribution in [3.8, 4) is 5.88 Å². The Bertz CT molecular complexity index is 837. The van der Waals surface area contributed by atoms with Gasteiger partial charge in [-0.3, -0.25) is 4.79 Å². The molecule has 1 amide bonds. The Labute approximate surface area is 139 Å². The van der Waals surface area contributed by atoms with Crippen molar-refractivity contribution in [2.45, 2.75) is 13.5 Å². The summed E-state index contributed by atoms with van der Waals surface area (Å²) in [4.78, 5) is 24.5. The lowest BCUT2D eigenvalue weighted by Crippen LogP contribution is -2.15. The van der Waals surface area contributed by atoms with Gasteiger partial charge in [-0.05, 0) is 24.1 Å². The van der Waals surface area contributed by atoms with Gasteiger partial charge in [0.1, 0.15) is 24.4 Å². The summed E-state index contributed by atoms with van der Waals surface area (Å²) in [6.07, 6.45) is 2.93. The molecule has 0 atom stereocenters. The van der Waals surface area contributed by atoms with Gasteiger partial charge in [-0.2, -0.15) is 0 Å². The van der Waals surface area contributed by atoms with Crippen LogP contribution in [0.25, 0.3) is 0 Å². The minimum Gasteiger partial charge on any atom is -0.473 e. The fourth-order valence-electron chi connectivity index (χ4n) is 2.06. The second-order valence-corrected chi connectivity index (χ2v) is 5.14. The van der Waals surface area contributed by atoms with E-state index in [1.165, 1.54) is 12.4 Å². The van der Waals surface area contributed by atoms with Crippen LogP contribution in [0.5, 0.6) is 5.88 Å². The molecule has 0 aliphatic carbocycles. The number of nitrogens with one attached hydrogen (secondary N) is 1. The summed E-state index contributed by atoms with van der Waals surface area (Å²) in [5, 5.41) is 2.73. The van der Waals surface area contributed by atoms with E-state index in [4.69, 9.17) is 4.74 Å². The van der Waals surface area contributed by atoms with Gasteiger partial charge in [-0.15, -0.1) is 0 Å². The Morgan fingerprint density at radius 3 is 2.71 bits per heavy atom. The largest absolute Gasteiger partial charge is 0.473 e. The standard InChI is InChI=1S/C18H16N4O2/c1-13-6-5-9-19-17(13)22-18(23)15-10-16(21-12-20-15)24-11-14-7-3-2-4-8-14/h2-10,12H,11H2,1H3,(H,19,22,23). The number of amides is 1. The van der Waals surface area contributed by atoms with E-state index in [-0.39, 0.29) is 11.6 Å². The molecule has 0 radical (unpaired) electrons. The van der Waals surface area contributed by atoms with Crippen molar-refractivity contribution >= 4 is 11.7 Å². The summed E-state index contributed by atoms with van der Waals surface area (Å²) in [6.45, 7) is 2.25. The number of rotatable bonds is 5. The van der Waals surface area contributed by atoms with Crippen LogP contribution in [0.1, 0.15) is 21.6 Å². The SMILES string of the molecule is Cc1cccnc1NC(=O)c1cc(OCc2ccccc2)ncn1. The van der Waals surface area contributed by atoms with Gasteiger partial charge < -0.3 is 10.1 Å². The Morgan fingerprint density at radius 2 is 1.92 bits per heavy atom. The van der Waals surface area contributed by atoms with Crippen LogP contribution in [-0.2, 0) is 6.61 Å². The number of carbonyl (C=O) groups excluding carboxylic acids is 1. The van der Waals surface area contributed by atoms with Crippen molar-refractivity contribution < 1.29 is 9.53 Å². The summed E-state index contributed by atoms with van der Waals surface area (Å²) < 4.78 is 5.61. The van der Waals surface area contributed by atoms with E-state index < -0.39 is 0 Å². The molecule has 3 aromatic rings. The van der Waals surface area contributed by atoms with Gasteiger partial charge in [-0.25, -0.2) is 15.0 Å². The third kappa shape index (κ3) is 3.92. The van der Waals surface area contributed by atoms with Crippen molar-refractivity contribution in [2.24, 2.45) is 0 Å². The van der Waals surface area contributed by atoms with Gasteiger partial charge in [0.2, 0.25) is 5.88 Å². The average molecular weight is 320 g/mol. The Morgan fingerprint density at radius 1 is 1.08 bits per heavy atom. The zero-order valence-corrected chi connectivity index (χ0v) is 13.1. The monoisotopic (exact) mass is 320 g/mol. The Hall–Kier alpha value is -3.28. The molecule has 6 nitrogen and oxygen atoms in total. The van der Waals surface area contributed by atoms with E-state index in [9.17, 15) is 4.79 Å². The first-order valence-electron chi connectivity index (χ1n) is 7.44. The average Bonchev–Trinajstić information content (AvgIpc) is 2.63. The number of hydrogen-bond acceptors (Lipinski definition) is 5. The third-order valence-corrected chi connectivity index (χ3v) is 3.35. The number of aryl methyl sites for hydroxylation is 1. The summed E-state index contributed by atoms with van der Waals surface area (Å²) in [7, 11) is 0. The first kappa shape index (κ1) is 15.6. The fourth-order valence-corrected chi connectivity index (χ4v) is 2.06. The first-order chi connectivity index (χ1) is 11.7. The van der Waals surface area contributed by atoms with Crippen LogP contribution in [0, 0.1) is 6.92 Å². The number of ether oxygens (including phenoxy) is 1. The van der Waals surface area contributed by atoms with E-state index in [0.717, 1.165) is 11.1 Å². The first-order valence-corrected chi connectivity index (χ1v) is 7.44. The normalized spacial score (nSPS) is 10.2. The van der Waals surface area contributed by atoms with Gasteiger partial charge in [0.25, 0.3) is 5.91 Å². The molecule has 3 rings (SSSR count). The fraction of sp³-hybridized carbons (Fsp3) is 0.111. The molecular weight excluding hydrogens is 304 g/mol. The van der Waals surface area contributed by atoms with Gasteiger partial charge in [0.05, 0.1) is 0 Å². The van der Waals surface area contributed by atoms with Crippen LogP contribution in [-0.4, -0.2) is 20.9 Å². The molecule has 0 aliphatic heterocycles. The second-order valence-electron chi connectivity index (χ2n) is 5.14. The molecule has 0 spiro atoms. The lowest BCUT2D eigenvalue weighted by molar-refractivity contribution is 0.102. The molecule has 1 N–H and O–H groups in total. The number of hydrogen-bond donors (Lipinski definition) is 1. The van der Waals surface area contributed by atoms with Gasteiger partial charge in [0, 0.05) is 12.3 Å². The molecule has 0 aliphatic rings. The number of benzene rings is 1. The minimum absolute atomic E-state index is 0.220. The van der Waals surface area contributed by atoms with Crippen LogP contribution < -0.4 is 10.1 Å². The number of carbonyl (C=O) groups is 1. The molecule has 0 fully saturated rings. The predicted octanol–water partition coefficient (Wildman–Crippen LogP) is 3.01. The third-order valence-electron chi connectivity index (χ3n) is 3.35. The van der Waals surface area contributed by atoms with E-state index in [2.05, 4.69) is 20.3 Å². The molecule has 120 valence electrons. The van der Waals surface area contributed by atoms with Gasteiger partial charge >= 0.3 is 0 Å². The van der Waals surface area contributed by atoms with E-state index in [1.807, 2.05) is 49.4 Å². The van der Waals surface area contributed by atoms with Crippen LogP contribution in [0.4, 0.5) is 5.82 Å². The predicted molar refractivity (Wildman–Crippen MR) is 89.7 cm³/mol. The van der Waals surface area contributed by atoms with Crippen LogP contribution in [0.3, 0.4) is 0 Å². The van der Waals surface area contributed by atoms with Crippen molar-refractivity contribution in [3.63, 3.8) is 0 Å². The highest BCUT2D eigenvalue weighted by Crippen LogP contribution is 2.13. The summed E-state index contributed by atoms with van der Waals surface area (Å²) in [6, 6.07) is 14.9. The van der Waals surface area contributed by atoms with Crippen LogP contribution in [0.15, 0.2) is 61.1 Å². The van der Waals surface area contributed by atoms with Crippen LogP contribution >= 0.6 is 0 Å².